The molecule has 2 N–H and O–H groups in total. The number of cyclic esters (lactones) is 1. The van der Waals surface area contributed by atoms with Gasteiger partial charge in [-0.1, -0.05) is 12.1 Å². The highest BCUT2D eigenvalue weighted by Gasteiger charge is 2.32. The fraction of sp³-hybridized carbons (Fsp3) is 0.333. The van der Waals surface area contributed by atoms with E-state index in [0.717, 1.165) is 10.5 Å². The molecule has 182 valence electrons. The van der Waals surface area contributed by atoms with E-state index < -0.39 is 6.09 Å². The van der Waals surface area contributed by atoms with Crippen LogP contribution in [0.3, 0.4) is 0 Å². The van der Waals surface area contributed by atoms with E-state index >= 15 is 0 Å². The molecule has 3 heterocycles. The van der Waals surface area contributed by atoms with Crippen LogP contribution in [0.15, 0.2) is 50.9 Å². The number of nitrogens with zero attached hydrogens (tertiary/aromatic N) is 3. The van der Waals surface area contributed by atoms with Crippen LogP contribution >= 0.6 is 11.8 Å². The third kappa shape index (κ3) is 4.32. The van der Waals surface area contributed by atoms with Crippen molar-refractivity contribution < 1.29 is 14.3 Å². The second-order valence-corrected chi connectivity index (χ2v) is 9.62. The van der Waals surface area contributed by atoms with Crippen LogP contribution in [0.25, 0.3) is 10.9 Å². The Hall–Kier alpha value is -3.57. The molecule has 1 fully saturated rings. The molecule has 1 saturated heterocycles. The fourth-order valence-electron chi connectivity index (χ4n) is 4.44. The maximum atomic E-state index is 13.0. The molecule has 2 aliphatic heterocycles. The Labute approximate surface area is 204 Å². The van der Waals surface area contributed by atoms with Crippen molar-refractivity contribution in [1.82, 2.24) is 14.5 Å². The molecule has 2 aliphatic rings. The van der Waals surface area contributed by atoms with E-state index in [0.29, 0.717) is 47.7 Å². The normalized spacial score (nSPS) is 17.4. The molecule has 11 heteroatoms. The molecule has 0 spiro atoms. The van der Waals surface area contributed by atoms with Crippen LogP contribution in [-0.4, -0.2) is 52.6 Å². The lowest BCUT2D eigenvalue weighted by molar-refractivity contribution is -0.113. The molecule has 1 atom stereocenters. The van der Waals surface area contributed by atoms with Crippen LogP contribution in [-0.2, 0) is 23.1 Å². The number of benzene rings is 2. The molecule has 0 unspecified atom stereocenters. The molecular weight excluding hydrogens is 470 g/mol. The molecule has 5 rings (SSSR count). The van der Waals surface area contributed by atoms with Crippen LogP contribution in [0.1, 0.15) is 5.56 Å². The molecule has 35 heavy (non-hydrogen) atoms. The van der Waals surface area contributed by atoms with E-state index in [-0.39, 0.29) is 29.8 Å². The van der Waals surface area contributed by atoms with Gasteiger partial charge in [-0.3, -0.25) is 23.6 Å². The third-order valence-electron chi connectivity index (χ3n) is 6.25. The largest absolute Gasteiger partial charge is 0.443 e. The number of rotatable bonds is 6. The maximum absolute atomic E-state index is 13.0. The lowest BCUT2D eigenvalue weighted by atomic mass is 10.1. The molecule has 0 bridgehead atoms. The number of aromatic nitrogens is 2. The number of fused-ring (bicyclic) bond motifs is 2. The van der Waals surface area contributed by atoms with Gasteiger partial charge in [0.2, 0.25) is 5.91 Å². The standard InChI is InChI=1S/C24H25N5O5S/c1-14-4-3-5-18-21(14)22(31)28(23(32)27(18)2)9-8-25-11-16-12-29(24(33)34-16)15-6-7-19-17(10-15)26-20(30)13-35-19/h3-7,10,16,25H,8-9,11-13H2,1-2H3,(H,26,30)/t16-/m1/s1. The minimum Gasteiger partial charge on any atom is -0.443 e. The van der Waals surface area contributed by atoms with Crippen molar-refractivity contribution in [3.05, 3.63) is 62.8 Å². The molecule has 3 aromatic rings. The number of carbonyl (C=O) groups is 2. The summed E-state index contributed by atoms with van der Waals surface area (Å²) in [6.45, 7) is 3.14. The van der Waals surface area contributed by atoms with E-state index in [2.05, 4.69) is 10.6 Å². The zero-order valence-corrected chi connectivity index (χ0v) is 20.2. The van der Waals surface area contributed by atoms with Crippen molar-refractivity contribution in [2.24, 2.45) is 7.05 Å². The first-order valence-electron chi connectivity index (χ1n) is 11.3. The topological polar surface area (TPSA) is 115 Å². The van der Waals surface area contributed by atoms with Crippen molar-refractivity contribution >= 4 is 46.0 Å². The summed E-state index contributed by atoms with van der Waals surface area (Å²) in [6, 6.07) is 10.9. The molecule has 2 aromatic carbocycles. The zero-order valence-electron chi connectivity index (χ0n) is 19.4. The number of hydrogen-bond donors (Lipinski definition) is 2. The smallest absolute Gasteiger partial charge is 0.414 e. The first-order chi connectivity index (χ1) is 16.8. The van der Waals surface area contributed by atoms with Gasteiger partial charge in [-0.25, -0.2) is 9.59 Å². The average molecular weight is 496 g/mol. The second kappa shape index (κ2) is 9.23. The second-order valence-electron chi connectivity index (χ2n) is 8.61. The van der Waals surface area contributed by atoms with Gasteiger partial charge in [0.05, 0.1) is 28.9 Å². The van der Waals surface area contributed by atoms with Crippen molar-refractivity contribution in [2.45, 2.75) is 24.5 Å². The number of aryl methyl sites for hydroxylation is 2. The predicted molar refractivity (Wildman–Crippen MR) is 134 cm³/mol. The van der Waals surface area contributed by atoms with Crippen LogP contribution in [0.5, 0.6) is 0 Å². The third-order valence-corrected chi connectivity index (χ3v) is 7.33. The van der Waals surface area contributed by atoms with E-state index in [1.165, 1.54) is 25.8 Å². The van der Waals surface area contributed by atoms with Crippen molar-refractivity contribution in [3.8, 4) is 0 Å². The zero-order chi connectivity index (χ0) is 24.7. The van der Waals surface area contributed by atoms with Crippen molar-refractivity contribution in [3.63, 3.8) is 0 Å². The Morgan fingerprint density at radius 1 is 1.17 bits per heavy atom. The SMILES string of the molecule is Cc1cccc2c1c(=O)n(CCNC[C@@H]1CN(c3ccc4c(c3)NC(=O)CS4)C(=O)O1)c(=O)n2C. The summed E-state index contributed by atoms with van der Waals surface area (Å²) < 4.78 is 8.20. The number of anilines is 2. The average Bonchev–Trinajstić information content (AvgIpc) is 3.21. The summed E-state index contributed by atoms with van der Waals surface area (Å²) in [4.78, 5) is 52.3. The van der Waals surface area contributed by atoms with Crippen LogP contribution < -0.4 is 26.8 Å². The Bertz CT molecular complexity index is 1460. The highest BCUT2D eigenvalue weighted by molar-refractivity contribution is 8.00. The molecule has 0 aliphatic carbocycles. The summed E-state index contributed by atoms with van der Waals surface area (Å²) in [6.07, 6.45) is -0.845. The maximum Gasteiger partial charge on any atom is 0.414 e. The van der Waals surface area contributed by atoms with Gasteiger partial charge in [-0.05, 0) is 36.8 Å². The Kier molecular flexibility index (Phi) is 6.12. The van der Waals surface area contributed by atoms with Gasteiger partial charge in [0.15, 0.2) is 0 Å². The van der Waals surface area contributed by atoms with E-state index in [4.69, 9.17) is 4.74 Å². The minimum atomic E-state index is -0.457. The lowest BCUT2D eigenvalue weighted by Crippen LogP contribution is -2.42. The summed E-state index contributed by atoms with van der Waals surface area (Å²) in [7, 11) is 1.66. The summed E-state index contributed by atoms with van der Waals surface area (Å²) >= 11 is 1.46. The highest BCUT2D eigenvalue weighted by Crippen LogP contribution is 2.35. The van der Waals surface area contributed by atoms with Crippen molar-refractivity contribution in [2.75, 3.05) is 35.6 Å². The van der Waals surface area contributed by atoms with Crippen LogP contribution in [0.4, 0.5) is 16.2 Å². The number of thioether (sulfide) groups is 1. The molecule has 0 saturated carbocycles. The Morgan fingerprint density at radius 3 is 2.83 bits per heavy atom. The number of nitrogens with one attached hydrogen (secondary N) is 2. The summed E-state index contributed by atoms with van der Waals surface area (Å²) in [5.74, 6) is 0.310. The highest BCUT2D eigenvalue weighted by atomic mass is 32.2. The van der Waals surface area contributed by atoms with Gasteiger partial charge >= 0.3 is 11.8 Å². The number of amides is 2. The van der Waals surface area contributed by atoms with Gasteiger partial charge in [-0.2, -0.15) is 0 Å². The van der Waals surface area contributed by atoms with E-state index in [9.17, 15) is 19.2 Å². The van der Waals surface area contributed by atoms with Crippen LogP contribution in [0.2, 0.25) is 0 Å². The van der Waals surface area contributed by atoms with Crippen LogP contribution in [0, 0.1) is 6.92 Å². The molecule has 2 amide bonds. The number of ether oxygens (including phenoxy) is 1. The molecule has 1 aromatic heterocycles. The van der Waals surface area contributed by atoms with Gasteiger partial charge in [-0.15, -0.1) is 11.8 Å². The Balaban J connectivity index is 1.22. The minimum absolute atomic E-state index is 0.0683. The van der Waals surface area contributed by atoms with Gasteiger partial charge < -0.3 is 15.4 Å². The molecule has 10 nitrogen and oxygen atoms in total. The molecular formula is C24H25N5O5S. The summed E-state index contributed by atoms with van der Waals surface area (Å²) in [5, 5.41) is 6.55. The van der Waals surface area contributed by atoms with E-state index in [1.807, 2.05) is 31.2 Å². The van der Waals surface area contributed by atoms with Gasteiger partial charge in [0.25, 0.3) is 5.56 Å². The van der Waals surface area contributed by atoms with Gasteiger partial charge in [0, 0.05) is 37.3 Å². The molecule has 0 radical (unpaired) electrons. The van der Waals surface area contributed by atoms with Crippen molar-refractivity contribution in [1.29, 1.82) is 0 Å². The Morgan fingerprint density at radius 2 is 2.00 bits per heavy atom. The first-order valence-corrected chi connectivity index (χ1v) is 12.3. The number of hydrogen-bond acceptors (Lipinski definition) is 7. The number of carbonyl (C=O) groups excluding carboxylic acids is 2. The first kappa shape index (κ1) is 23.2. The van der Waals surface area contributed by atoms with Gasteiger partial charge in [0.1, 0.15) is 6.10 Å². The predicted octanol–water partition coefficient (Wildman–Crippen LogP) is 1.67. The monoisotopic (exact) mass is 495 g/mol. The fourth-order valence-corrected chi connectivity index (χ4v) is 5.23. The quantitative estimate of drug-likeness (QED) is 0.500. The summed E-state index contributed by atoms with van der Waals surface area (Å²) in [5.41, 5.74) is 2.10. The van der Waals surface area contributed by atoms with E-state index in [1.54, 1.807) is 19.2 Å². The lowest BCUT2D eigenvalue weighted by Gasteiger charge is -2.20.